The highest BCUT2D eigenvalue weighted by Crippen LogP contribution is 2.33. The van der Waals surface area contributed by atoms with Crippen molar-refractivity contribution in [2.45, 2.75) is 27.3 Å². The molecule has 1 amide bonds. The van der Waals surface area contributed by atoms with E-state index in [-0.39, 0.29) is 18.3 Å². The van der Waals surface area contributed by atoms with Gasteiger partial charge in [-0.3, -0.25) is 4.79 Å². The molecule has 0 saturated carbocycles. The molecule has 6 heteroatoms. The van der Waals surface area contributed by atoms with Crippen LogP contribution in [0, 0.1) is 12.7 Å². The van der Waals surface area contributed by atoms with Gasteiger partial charge in [0.25, 0.3) is 0 Å². The zero-order chi connectivity index (χ0) is 19.3. The Morgan fingerprint density at radius 1 is 1.31 bits per heavy atom. The van der Waals surface area contributed by atoms with Gasteiger partial charge >= 0.3 is 0 Å². The minimum atomic E-state index is -0.328. The third kappa shape index (κ3) is 5.05. The second-order valence-corrected chi connectivity index (χ2v) is 6.55. The summed E-state index contributed by atoms with van der Waals surface area (Å²) in [6.45, 7) is 6.51. The highest BCUT2D eigenvalue weighted by atomic mass is 35.5. The van der Waals surface area contributed by atoms with Crippen molar-refractivity contribution in [1.82, 2.24) is 4.90 Å². The van der Waals surface area contributed by atoms with Gasteiger partial charge in [-0.25, -0.2) is 9.38 Å². The Hall–Kier alpha value is -2.40. The molecule has 138 valence electrons. The summed E-state index contributed by atoms with van der Waals surface area (Å²) in [4.78, 5) is 20.1. The maximum atomic E-state index is 13.5. The van der Waals surface area contributed by atoms with Crippen LogP contribution in [0.15, 0.2) is 41.4 Å². The second kappa shape index (κ2) is 8.81. The summed E-state index contributed by atoms with van der Waals surface area (Å²) >= 11 is 6.37. The lowest BCUT2D eigenvalue weighted by Gasteiger charge is -2.24. The van der Waals surface area contributed by atoms with Crippen molar-refractivity contribution >= 4 is 35.2 Å². The Kier molecular flexibility index (Phi) is 6.75. The number of nitrogens with zero attached hydrogens (tertiary/aromatic N) is 3. The molecule has 0 spiro atoms. The fraction of sp³-hybridized carbons (Fsp3) is 0.300. The van der Waals surface area contributed by atoms with Crippen LogP contribution in [0.25, 0.3) is 0 Å². The standard InChI is InChI=1S/C20H23ClFN3O/c1-5-24(4)13-23-19-9-14(2)20(11-18(19)21)25(15(3)26)12-16-7-6-8-17(22)10-16/h6-11,13H,5,12H2,1-4H3. The average Bonchev–Trinajstić information content (AvgIpc) is 2.59. The minimum Gasteiger partial charge on any atom is -0.366 e. The van der Waals surface area contributed by atoms with E-state index in [1.165, 1.54) is 19.1 Å². The summed E-state index contributed by atoms with van der Waals surface area (Å²) in [7, 11) is 1.93. The summed E-state index contributed by atoms with van der Waals surface area (Å²) in [5.41, 5.74) is 2.91. The van der Waals surface area contributed by atoms with E-state index in [1.54, 1.807) is 29.4 Å². The maximum Gasteiger partial charge on any atom is 0.224 e. The smallest absolute Gasteiger partial charge is 0.224 e. The third-order valence-electron chi connectivity index (χ3n) is 4.06. The summed E-state index contributed by atoms with van der Waals surface area (Å²) in [6, 6.07) is 9.80. The van der Waals surface area contributed by atoms with Gasteiger partial charge in [0.05, 0.1) is 23.6 Å². The number of hydrogen-bond donors (Lipinski definition) is 0. The molecule has 0 unspecified atom stereocenters. The molecule has 2 aromatic carbocycles. The van der Waals surface area contributed by atoms with Gasteiger partial charge in [0, 0.05) is 26.2 Å². The van der Waals surface area contributed by atoms with Crippen LogP contribution in [0.3, 0.4) is 0 Å². The van der Waals surface area contributed by atoms with E-state index in [9.17, 15) is 9.18 Å². The Labute approximate surface area is 158 Å². The molecule has 0 saturated heterocycles. The molecule has 2 aromatic rings. The molecule has 0 heterocycles. The van der Waals surface area contributed by atoms with Gasteiger partial charge in [0.2, 0.25) is 5.91 Å². The fourth-order valence-electron chi connectivity index (χ4n) is 2.47. The van der Waals surface area contributed by atoms with E-state index in [0.717, 1.165) is 12.1 Å². The van der Waals surface area contributed by atoms with E-state index < -0.39 is 0 Å². The lowest BCUT2D eigenvalue weighted by atomic mass is 10.1. The van der Waals surface area contributed by atoms with Gasteiger partial charge in [-0.2, -0.15) is 0 Å². The highest BCUT2D eigenvalue weighted by molar-refractivity contribution is 6.33. The summed E-state index contributed by atoms with van der Waals surface area (Å²) < 4.78 is 13.5. The molecule has 2 rings (SSSR count). The van der Waals surface area contributed by atoms with Crippen molar-refractivity contribution < 1.29 is 9.18 Å². The predicted molar refractivity (Wildman–Crippen MR) is 106 cm³/mol. The number of benzene rings is 2. The first kappa shape index (κ1) is 19.9. The van der Waals surface area contributed by atoms with E-state index >= 15 is 0 Å². The molecule has 0 aliphatic rings. The van der Waals surface area contributed by atoms with E-state index in [2.05, 4.69) is 4.99 Å². The van der Waals surface area contributed by atoms with Crippen molar-refractivity contribution in [3.05, 3.63) is 58.4 Å². The Morgan fingerprint density at radius 2 is 2.04 bits per heavy atom. The quantitative estimate of drug-likeness (QED) is 0.529. The monoisotopic (exact) mass is 375 g/mol. The van der Waals surface area contributed by atoms with E-state index in [4.69, 9.17) is 11.6 Å². The Balaban J connectivity index is 2.36. The number of rotatable bonds is 6. The van der Waals surface area contributed by atoms with Crippen LogP contribution in [0.2, 0.25) is 5.02 Å². The summed E-state index contributed by atoms with van der Waals surface area (Å²) in [6.07, 6.45) is 1.72. The number of aliphatic imine (C=N–C) groups is 1. The van der Waals surface area contributed by atoms with Crippen molar-refractivity contribution in [1.29, 1.82) is 0 Å². The number of anilines is 1. The van der Waals surface area contributed by atoms with Crippen LogP contribution in [0.5, 0.6) is 0 Å². The van der Waals surface area contributed by atoms with Gasteiger partial charge in [-0.1, -0.05) is 23.7 Å². The van der Waals surface area contributed by atoms with Crippen molar-refractivity contribution in [2.75, 3.05) is 18.5 Å². The number of carbonyl (C=O) groups excluding carboxylic acids is 1. The second-order valence-electron chi connectivity index (χ2n) is 6.14. The zero-order valence-corrected chi connectivity index (χ0v) is 16.2. The van der Waals surface area contributed by atoms with Gasteiger partial charge < -0.3 is 9.80 Å². The fourth-order valence-corrected chi connectivity index (χ4v) is 2.68. The minimum absolute atomic E-state index is 0.143. The molecule has 4 nitrogen and oxygen atoms in total. The molecular formula is C20H23ClFN3O. The molecule has 26 heavy (non-hydrogen) atoms. The van der Waals surface area contributed by atoms with Gasteiger partial charge in [0.1, 0.15) is 5.82 Å². The van der Waals surface area contributed by atoms with Gasteiger partial charge in [-0.05, 0) is 49.2 Å². The van der Waals surface area contributed by atoms with Gasteiger partial charge in [-0.15, -0.1) is 0 Å². The van der Waals surface area contributed by atoms with Crippen molar-refractivity contribution in [3.8, 4) is 0 Å². The highest BCUT2D eigenvalue weighted by Gasteiger charge is 2.17. The van der Waals surface area contributed by atoms with Crippen LogP contribution < -0.4 is 4.90 Å². The topological polar surface area (TPSA) is 35.9 Å². The summed E-state index contributed by atoms with van der Waals surface area (Å²) in [5.74, 6) is -0.471. The number of carbonyl (C=O) groups is 1. The van der Waals surface area contributed by atoms with E-state index in [0.29, 0.717) is 22.0 Å². The average molecular weight is 376 g/mol. The molecule has 0 aliphatic heterocycles. The number of aryl methyl sites for hydroxylation is 1. The molecule has 0 N–H and O–H groups in total. The normalized spacial score (nSPS) is 11.0. The first-order chi connectivity index (χ1) is 12.3. The predicted octanol–water partition coefficient (Wildman–Crippen LogP) is 4.95. The molecule has 0 aliphatic carbocycles. The zero-order valence-electron chi connectivity index (χ0n) is 15.5. The Bertz CT molecular complexity index is 823. The molecule has 0 aromatic heterocycles. The lowest BCUT2D eigenvalue weighted by Crippen LogP contribution is -2.28. The molecule has 0 fully saturated rings. The number of amides is 1. The third-order valence-corrected chi connectivity index (χ3v) is 4.36. The molecule has 0 radical (unpaired) electrons. The Morgan fingerprint density at radius 3 is 2.65 bits per heavy atom. The maximum absolute atomic E-state index is 13.5. The first-order valence-electron chi connectivity index (χ1n) is 8.39. The van der Waals surface area contributed by atoms with Crippen LogP contribution in [0.4, 0.5) is 15.8 Å². The van der Waals surface area contributed by atoms with Crippen LogP contribution in [0.1, 0.15) is 25.0 Å². The first-order valence-corrected chi connectivity index (χ1v) is 8.76. The van der Waals surface area contributed by atoms with Crippen molar-refractivity contribution in [3.63, 3.8) is 0 Å². The molecular weight excluding hydrogens is 353 g/mol. The van der Waals surface area contributed by atoms with E-state index in [1.807, 2.05) is 31.9 Å². The SMILES string of the molecule is CCN(C)C=Nc1cc(C)c(N(Cc2cccc(F)c2)C(C)=O)cc1Cl. The van der Waals surface area contributed by atoms with Crippen LogP contribution in [-0.4, -0.2) is 30.7 Å². The number of hydrogen-bond acceptors (Lipinski definition) is 2. The lowest BCUT2D eigenvalue weighted by molar-refractivity contribution is -0.116. The number of halogens is 2. The van der Waals surface area contributed by atoms with Crippen molar-refractivity contribution in [2.24, 2.45) is 4.99 Å². The largest absolute Gasteiger partial charge is 0.366 e. The van der Waals surface area contributed by atoms with Crippen LogP contribution in [-0.2, 0) is 11.3 Å². The summed E-state index contributed by atoms with van der Waals surface area (Å²) in [5, 5.41) is 0.455. The molecule has 0 bridgehead atoms. The van der Waals surface area contributed by atoms with Crippen LogP contribution >= 0.6 is 11.6 Å². The molecule has 0 atom stereocenters. The van der Waals surface area contributed by atoms with Gasteiger partial charge in [0.15, 0.2) is 0 Å².